The number of fused-ring (bicyclic) bond motifs is 1. The zero-order valence-electron chi connectivity index (χ0n) is 11.8. The van der Waals surface area contributed by atoms with Crippen molar-refractivity contribution in [3.8, 4) is 11.5 Å². The Bertz CT molecular complexity index is 433. The highest BCUT2D eigenvalue weighted by atomic mass is 16.6. The Morgan fingerprint density at radius 1 is 1.00 bits per heavy atom. The molecule has 1 N–H and O–H groups in total. The predicted octanol–water partition coefficient (Wildman–Crippen LogP) is 0.880. The number of rotatable bonds is 5. The van der Waals surface area contributed by atoms with Crippen LogP contribution in [0.1, 0.15) is 5.56 Å². The van der Waals surface area contributed by atoms with E-state index in [-0.39, 0.29) is 0 Å². The monoisotopic (exact) mass is 278 g/mol. The molecule has 2 heterocycles. The van der Waals surface area contributed by atoms with Crippen LogP contribution >= 0.6 is 0 Å². The minimum Gasteiger partial charge on any atom is -0.486 e. The van der Waals surface area contributed by atoms with Gasteiger partial charge in [-0.15, -0.1) is 0 Å². The molecular weight excluding hydrogens is 256 g/mol. The van der Waals surface area contributed by atoms with Gasteiger partial charge in [-0.05, 0) is 17.7 Å². The molecule has 1 saturated heterocycles. The van der Waals surface area contributed by atoms with Crippen molar-refractivity contribution in [3.05, 3.63) is 23.8 Å². The molecule has 0 aromatic heterocycles. The van der Waals surface area contributed by atoms with Gasteiger partial charge in [0, 0.05) is 32.7 Å². The third kappa shape index (κ3) is 3.62. The van der Waals surface area contributed by atoms with Gasteiger partial charge in [-0.2, -0.15) is 0 Å². The molecule has 5 nitrogen and oxygen atoms in total. The van der Waals surface area contributed by atoms with E-state index in [1.54, 1.807) is 0 Å². The molecule has 2 aliphatic heterocycles. The maximum Gasteiger partial charge on any atom is 0.161 e. The van der Waals surface area contributed by atoms with Gasteiger partial charge in [0.15, 0.2) is 11.5 Å². The van der Waals surface area contributed by atoms with Gasteiger partial charge < -0.3 is 19.5 Å². The smallest absolute Gasteiger partial charge is 0.161 e. The number of nitrogens with one attached hydrogen (secondary N) is 1. The summed E-state index contributed by atoms with van der Waals surface area (Å²) >= 11 is 0. The van der Waals surface area contributed by atoms with E-state index in [0.29, 0.717) is 13.2 Å². The summed E-state index contributed by atoms with van der Waals surface area (Å²) in [5, 5.41) is 3.48. The van der Waals surface area contributed by atoms with Crippen LogP contribution in [0.3, 0.4) is 0 Å². The van der Waals surface area contributed by atoms with E-state index in [9.17, 15) is 0 Å². The lowest BCUT2D eigenvalue weighted by Crippen LogP contribution is -2.40. The average Bonchev–Trinajstić information content (AvgIpc) is 2.52. The van der Waals surface area contributed by atoms with Crippen molar-refractivity contribution in [1.29, 1.82) is 0 Å². The van der Waals surface area contributed by atoms with Crippen LogP contribution in [0, 0.1) is 0 Å². The van der Waals surface area contributed by atoms with E-state index in [2.05, 4.69) is 22.3 Å². The van der Waals surface area contributed by atoms with Crippen LogP contribution in [0.5, 0.6) is 11.5 Å². The topological polar surface area (TPSA) is 43.0 Å². The first-order valence-corrected chi connectivity index (χ1v) is 7.31. The van der Waals surface area contributed by atoms with Gasteiger partial charge >= 0.3 is 0 Å². The summed E-state index contributed by atoms with van der Waals surface area (Å²) < 4.78 is 16.5. The minimum atomic E-state index is 0.640. The summed E-state index contributed by atoms with van der Waals surface area (Å²) in [5.41, 5.74) is 1.23. The number of benzene rings is 1. The van der Waals surface area contributed by atoms with E-state index in [1.165, 1.54) is 5.56 Å². The number of hydrogen-bond acceptors (Lipinski definition) is 5. The van der Waals surface area contributed by atoms with E-state index in [1.807, 2.05) is 6.07 Å². The van der Waals surface area contributed by atoms with Gasteiger partial charge in [-0.25, -0.2) is 0 Å². The summed E-state index contributed by atoms with van der Waals surface area (Å²) in [5.74, 6) is 1.72. The summed E-state index contributed by atoms with van der Waals surface area (Å²) in [4.78, 5) is 2.43. The average molecular weight is 278 g/mol. The lowest BCUT2D eigenvalue weighted by atomic mass is 10.2. The molecule has 1 fully saturated rings. The molecule has 0 saturated carbocycles. The second-order valence-corrected chi connectivity index (χ2v) is 5.11. The summed E-state index contributed by atoms with van der Waals surface area (Å²) in [6, 6.07) is 6.15. The van der Waals surface area contributed by atoms with Gasteiger partial charge in [0.2, 0.25) is 0 Å². The first-order valence-electron chi connectivity index (χ1n) is 7.31. The van der Waals surface area contributed by atoms with Crippen molar-refractivity contribution < 1.29 is 14.2 Å². The third-order valence-corrected chi connectivity index (χ3v) is 3.64. The van der Waals surface area contributed by atoms with Gasteiger partial charge in [-0.1, -0.05) is 6.07 Å². The standard InChI is InChI=1S/C15H22N2O3/c1-2-14-15(20-10-9-19-14)11-13(1)12-16-3-4-17-5-7-18-8-6-17/h1-2,11,16H,3-10,12H2. The molecule has 5 heteroatoms. The van der Waals surface area contributed by atoms with Crippen LogP contribution in [0.2, 0.25) is 0 Å². The molecule has 0 atom stereocenters. The van der Waals surface area contributed by atoms with Crippen LogP contribution in [0.15, 0.2) is 18.2 Å². The van der Waals surface area contributed by atoms with E-state index < -0.39 is 0 Å². The molecule has 110 valence electrons. The Hall–Kier alpha value is -1.30. The van der Waals surface area contributed by atoms with Gasteiger partial charge in [0.25, 0.3) is 0 Å². The molecular formula is C15H22N2O3. The second kappa shape index (κ2) is 6.92. The Balaban J connectivity index is 1.41. The van der Waals surface area contributed by atoms with Crippen molar-refractivity contribution in [2.24, 2.45) is 0 Å². The van der Waals surface area contributed by atoms with Crippen molar-refractivity contribution >= 4 is 0 Å². The van der Waals surface area contributed by atoms with E-state index in [0.717, 1.165) is 57.4 Å². The maximum absolute atomic E-state index is 5.59. The zero-order chi connectivity index (χ0) is 13.6. The third-order valence-electron chi connectivity index (χ3n) is 3.64. The van der Waals surface area contributed by atoms with Crippen LogP contribution in [0.4, 0.5) is 0 Å². The Kier molecular flexibility index (Phi) is 4.73. The number of nitrogens with zero attached hydrogens (tertiary/aromatic N) is 1. The van der Waals surface area contributed by atoms with Crippen LogP contribution in [0.25, 0.3) is 0 Å². The van der Waals surface area contributed by atoms with Crippen LogP contribution in [-0.4, -0.2) is 57.5 Å². The lowest BCUT2D eigenvalue weighted by Gasteiger charge is -2.26. The summed E-state index contributed by atoms with van der Waals surface area (Å²) in [7, 11) is 0. The second-order valence-electron chi connectivity index (χ2n) is 5.11. The highest BCUT2D eigenvalue weighted by Gasteiger charge is 2.12. The molecule has 20 heavy (non-hydrogen) atoms. The number of morpholine rings is 1. The van der Waals surface area contributed by atoms with Gasteiger partial charge in [-0.3, -0.25) is 4.90 Å². The summed E-state index contributed by atoms with van der Waals surface area (Å²) in [6.45, 7) is 8.04. The molecule has 0 radical (unpaired) electrons. The molecule has 1 aromatic rings. The van der Waals surface area contributed by atoms with Crippen molar-refractivity contribution in [2.75, 3.05) is 52.6 Å². The molecule has 1 aromatic carbocycles. The number of ether oxygens (including phenoxy) is 3. The molecule has 2 aliphatic rings. The molecule has 0 aliphatic carbocycles. The van der Waals surface area contributed by atoms with E-state index >= 15 is 0 Å². The zero-order valence-corrected chi connectivity index (χ0v) is 11.8. The van der Waals surface area contributed by atoms with Crippen molar-refractivity contribution in [1.82, 2.24) is 10.2 Å². The largest absolute Gasteiger partial charge is 0.486 e. The van der Waals surface area contributed by atoms with Crippen LogP contribution < -0.4 is 14.8 Å². The fourth-order valence-corrected chi connectivity index (χ4v) is 2.49. The van der Waals surface area contributed by atoms with Crippen LogP contribution in [-0.2, 0) is 11.3 Å². The Labute approximate surface area is 119 Å². The van der Waals surface area contributed by atoms with Gasteiger partial charge in [0.1, 0.15) is 13.2 Å². The fraction of sp³-hybridized carbons (Fsp3) is 0.600. The van der Waals surface area contributed by atoms with Crippen molar-refractivity contribution in [3.63, 3.8) is 0 Å². The maximum atomic E-state index is 5.59. The molecule has 0 bridgehead atoms. The first-order chi connectivity index (χ1) is 9.92. The normalized spacial score (nSPS) is 19.0. The Morgan fingerprint density at radius 2 is 1.80 bits per heavy atom. The molecule has 3 rings (SSSR count). The molecule has 0 amide bonds. The first kappa shape index (κ1) is 13.7. The minimum absolute atomic E-state index is 0.640. The molecule has 0 spiro atoms. The van der Waals surface area contributed by atoms with Crippen molar-refractivity contribution in [2.45, 2.75) is 6.54 Å². The number of hydrogen-bond donors (Lipinski definition) is 1. The van der Waals surface area contributed by atoms with Gasteiger partial charge in [0.05, 0.1) is 13.2 Å². The molecule has 0 unspecified atom stereocenters. The van der Waals surface area contributed by atoms with E-state index in [4.69, 9.17) is 14.2 Å². The quantitative estimate of drug-likeness (QED) is 0.810. The highest BCUT2D eigenvalue weighted by molar-refractivity contribution is 5.43. The lowest BCUT2D eigenvalue weighted by molar-refractivity contribution is 0.0384. The fourth-order valence-electron chi connectivity index (χ4n) is 2.49. The highest BCUT2D eigenvalue weighted by Crippen LogP contribution is 2.30. The SMILES string of the molecule is c1cc2c(cc1CNCCN1CCOCC1)OCCO2. The Morgan fingerprint density at radius 3 is 2.65 bits per heavy atom. The summed E-state index contributed by atoms with van der Waals surface area (Å²) in [6.07, 6.45) is 0. The predicted molar refractivity (Wildman–Crippen MR) is 76.4 cm³/mol.